The summed E-state index contributed by atoms with van der Waals surface area (Å²) in [6.07, 6.45) is 0. The number of nitrogens with zero attached hydrogens (tertiary/aromatic N) is 3. The zero-order valence-corrected chi connectivity index (χ0v) is 28.5. The minimum atomic E-state index is -0.599. The summed E-state index contributed by atoms with van der Waals surface area (Å²) in [5.41, 5.74) is 8.08. The lowest BCUT2D eigenvalue weighted by atomic mass is 9.94. The van der Waals surface area contributed by atoms with E-state index in [1.54, 1.807) is 11.8 Å². The van der Waals surface area contributed by atoms with Crippen LogP contribution in [0.2, 0.25) is 5.02 Å². The number of nitrogens with one attached hydrogen (secondary N) is 2. The van der Waals surface area contributed by atoms with Gasteiger partial charge in [-0.15, -0.1) is 5.10 Å². The Kier molecular flexibility index (Phi) is 9.56. The molecule has 0 spiro atoms. The molecule has 0 radical (unpaired) electrons. The van der Waals surface area contributed by atoms with Crippen LogP contribution in [0.4, 0.5) is 11.6 Å². The lowest BCUT2D eigenvalue weighted by molar-refractivity contribution is -0.113. The number of thioether (sulfide) groups is 1. The highest BCUT2D eigenvalue weighted by Crippen LogP contribution is 2.40. The van der Waals surface area contributed by atoms with E-state index in [1.165, 1.54) is 11.8 Å². The van der Waals surface area contributed by atoms with Gasteiger partial charge in [0.1, 0.15) is 12.6 Å². The number of aryl methyl sites for hydroxylation is 3. The third-order valence-electron chi connectivity index (χ3n) is 8.17. The van der Waals surface area contributed by atoms with Gasteiger partial charge in [-0.25, -0.2) is 4.68 Å². The standard InChI is InChI=1S/C37H36ClN5O3S/c1-22-14-16-30(24(3)18-22)40-35(44)33-25(4)39-36-41-37(47-21-28-12-8-9-13-29(28)38)42-43(36)34(33)26-15-17-31(32(19-26)45-5)46-20-27-11-7-6-10-23(27)2/h6-19,34H,20-21H2,1-5H3,(H,40,44)(H,39,41,42). The average molecular weight is 666 g/mol. The minimum Gasteiger partial charge on any atom is -0.493 e. The molecule has 4 aromatic carbocycles. The number of carbonyl (C=O) groups excluding carboxylic acids is 1. The summed E-state index contributed by atoms with van der Waals surface area (Å²) in [5.74, 6) is 2.05. The van der Waals surface area contributed by atoms with E-state index in [-0.39, 0.29) is 5.91 Å². The van der Waals surface area contributed by atoms with Gasteiger partial charge in [-0.05, 0) is 79.8 Å². The largest absolute Gasteiger partial charge is 0.493 e. The minimum absolute atomic E-state index is 0.239. The van der Waals surface area contributed by atoms with Crippen molar-refractivity contribution in [3.8, 4) is 11.5 Å². The van der Waals surface area contributed by atoms with Gasteiger partial charge in [0.05, 0.1) is 12.7 Å². The van der Waals surface area contributed by atoms with E-state index in [2.05, 4.69) is 23.6 Å². The van der Waals surface area contributed by atoms with Crippen LogP contribution in [0.25, 0.3) is 0 Å². The number of hydrogen-bond acceptors (Lipinski definition) is 7. The molecule has 2 heterocycles. The number of amides is 1. The second-order valence-corrected chi connectivity index (χ2v) is 12.9. The maximum absolute atomic E-state index is 14.1. The number of ether oxygens (including phenoxy) is 2. The average Bonchev–Trinajstić information content (AvgIpc) is 3.47. The zero-order valence-electron chi connectivity index (χ0n) is 26.9. The Morgan fingerprint density at radius 3 is 2.45 bits per heavy atom. The number of halogens is 1. The van der Waals surface area contributed by atoms with Crippen LogP contribution >= 0.6 is 23.4 Å². The van der Waals surface area contributed by atoms with Crippen LogP contribution in [0.15, 0.2) is 101 Å². The Balaban J connectivity index is 1.36. The highest BCUT2D eigenvalue weighted by Gasteiger charge is 2.35. The third-order valence-corrected chi connectivity index (χ3v) is 9.43. The SMILES string of the molecule is COc1cc(C2C(C(=O)Nc3ccc(C)cc3C)=C(C)Nc3nc(SCc4ccccc4Cl)nn32)ccc1OCc1ccccc1C. The van der Waals surface area contributed by atoms with Crippen molar-refractivity contribution >= 4 is 40.9 Å². The molecule has 8 nitrogen and oxygen atoms in total. The van der Waals surface area contributed by atoms with Gasteiger partial charge in [0.2, 0.25) is 11.1 Å². The summed E-state index contributed by atoms with van der Waals surface area (Å²) in [6, 6.07) is 26.9. The Bertz CT molecular complexity index is 1990. The van der Waals surface area contributed by atoms with Crippen LogP contribution in [0, 0.1) is 20.8 Å². The summed E-state index contributed by atoms with van der Waals surface area (Å²) in [4.78, 5) is 18.9. The first-order chi connectivity index (χ1) is 22.7. The molecule has 1 aliphatic rings. The summed E-state index contributed by atoms with van der Waals surface area (Å²) in [5, 5.41) is 12.6. The fourth-order valence-corrected chi connectivity index (χ4v) is 6.71. The molecular formula is C37H36ClN5O3S. The van der Waals surface area contributed by atoms with E-state index in [0.717, 1.165) is 39.1 Å². The predicted molar refractivity (Wildman–Crippen MR) is 189 cm³/mol. The Morgan fingerprint density at radius 1 is 0.936 bits per heavy atom. The van der Waals surface area contributed by atoms with Crippen molar-refractivity contribution in [1.82, 2.24) is 14.8 Å². The van der Waals surface area contributed by atoms with Crippen LogP contribution in [0.3, 0.4) is 0 Å². The predicted octanol–water partition coefficient (Wildman–Crippen LogP) is 8.66. The number of aromatic nitrogens is 3. The fourth-order valence-electron chi connectivity index (χ4n) is 5.60. The molecular weight excluding hydrogens is 630 g/mol. The van der Waals surface area contributed by atoms with Crippen molar-refractivity contribution in [3.05, 3.63) is 135 Å². The number of allylic oxidation sites excluding steroid dienone is 1. The van der Waals surface area contributed by atoms with Crippen molar-refractivity contribution in [2.45, 2.75) is 51.3 Å². The molecule has 240 valence electrons. The maximum atomic E-state index is 14.1. The molecule has 47 heavy (non-hydrogen) atoms. The van der Waals surface area contributed by atoms with Crippen molar-refractivity contribution < 1.29 is 14.3 Å². The molecule has 1 aliphatic heterocycles. The van der Waals surface area contributed by atoms with Gasteiger partial charge >= 0.3 is 0 Å². The Morgan fingerprint density at radius 2 is 1.70 bits per heavy atom. The summed E-state index contributed by atoms with van der Waals surface area (Å²) < 4.78 is 13.8. The van der Waals surface area contributed by atoms with Gasteiger partial charge < -0.3 is 20.1 Å². The van der Waals surface area contributed by atoms with Crippen molar-refractivity contribution in [1.29, 1.82) is 0 Å². The molecule has 0 bridgehead atoms. The van der Waals surface area contributed by atoms with Gasteiger partial charge in [0.15, 0.2) is 11.5 Å². The van der Waals surface area contributed by atoms with Gasteiger partial charge in [-0.1, -0.05) is 89.6 Å². The number of rotatable bonds is 10. The Hall–Kier alpha value is -4.73. The van der Waals surface area contributed by atoms with E-state index in [1.807, 2.05) is 99.6 Å². The van der Waals surface area contributed by atoms with Crippen molar-refractivity contribution in [3.63, 3.8) is 0 Å². The van der Waals surface area contributed by atoms with Crippen molar-refractivity contribution in [2.75, 3.05) is 17.7 Å². The van der Waals surface area contributed by atoms with Gasteiger partial charge in [-0.2, -0.15) is 4.98 Å². The summed E-state index contributed by atoms with van der Waals surface area (Å²) in [7, 11) is 1.61. The van der Waals surface area contributed by atoms with Gasteiger partial charge in [0.25, 0.3) is 5.91 Å². The molecule has 1 amide bonds. The van der Waals surface area contributed by atoms with E-state index < -0.39 is 6.04 Å². The van der Waals surface area contributed by atoms with Crippen LogP contribution in [-0.2, 0) is 17.2 Å². The van der Waals surface area contributed by atoms with E-state index >= 15 is 0 Å². The van der Waals surface area contributed by atoms with E-state index in [4.69, 9.17) is 31.2 Å². The highest BCUT2D eigenvalue weighted by molar-refractivity contribution is 7.98. The molecule has 0 saturated heterocycles. The first-order valence-electron chi connectivity index (χ1n) is 15.3. The smallest absolute Gasteiger partial charge is 0.255 e. The molecule has 0 saturated carbocycles. The number of methoxy groups -OCH3 is 1. The number of fused-ring (bicyclic) bond motifs is 1. The lowest BCUT2D eigenvalue weighted by Gasteiger charge is -2.29. The highest BCUT2D eigenvalue weighted by atomic mass is 35.5. The van der Waals surface area contributed by atoms with Crippen LogP contribution in [0.1, 0.15) is 46.3 Å². The number of benzene rings is 4. The monoisotopic (exact) mass is 665 g/mol. The zero-order chi connectivity index (χ0) is 33.1. The molecule has 2 N–H and O–H groups in total. The van der Waals surface area contributed by atoms with Crippen LogP contribution in [0.5, 0.6) is 11.5 Å². The lowest BCUT2D eigenvalue weighted by Crippen LogP contribution is -2.31. The second-order valence-electron chi connectivity index (χ2n) is 11.5. The molecule has 10 heteroatoms. The first kappa shape index (κ1) is 32.2. The molecule has 1 atom stereocenters. The first-order valence-corrected chi connectivity index (χ1v) is 16.6. The van der Waals surface area contributed by atoms with E-state index in [0.29, 0.717) is 51.3 Å². The second kappa shape index (κ2) is 13.9. The van der Waals surface area contributed by atoms with Crippen LogP contribution in [-0.4, -0.2) is 27.8 Å². The Labute approximate surface area is 284 Å². The topological polar surface area (TPSA) is 90.3 Å². The molecule has 5 aromatic rings. The number of anilines is 2. The molecule has 0 fully saturated rings. The summed E-state index contributed by atoms with van der Waals surface area (Å²) in [6.45, 7) is 8.36. The van der Waals surface area contributed by atoms with Crippen molar-refractivity contribution in [2.24, 2.45) is 0 Å². The molecule has 1 aromatic heterocycles. The van der Waals surface area contributed by atoms with Gasteiger partial charge in [0, 0.05) is 22.2 Å². The molecule has 0 aliphatic carbocycles. The molecule has 6 rings (SSSR count). The third kappa shape index (κ3) is 7.01. The normalized spacial score (nSPS) is 14.0. The molecule has 1 unspecified atom stereocenters. The maximum Gasteiger partial charge on any atom is 0.255 e. The fraction of sp³-hybridized carbons (Fsp3) is 0.216. The summed E-state index contributed by atoms with van der Waals surface area (Å²) >= 11 is 7.89. The quantitative estimate of drug-likeness (QED) is 0.144. The van der Waals surface area contributed by atoms with Gasteiger partial charge in [-0.3, -0.25) is 4.79 Å². The number of hydrogen-bond donors (Lipinski definition) is 2. The van der Waals surface area contributed by atoms with Crippen LogP contribution < -0.4 is 20.1 Å². The van der Waals surface area contributed by atoms with E-state index in [9.17, 15) is 4.79 Å². The number of carbonyl (C=O) groups is 1.